The summed E-state index contributed by atoms with van der Waals surface area (Å²) in [5.41, 5.74) is 0. The Hall–Kier alpha value is -1.27. The van der Waals surface area contributed by atoms with Crippen LogP contribution in [0.3, 0.4) is 0 Å². The fourth-order valence-corrected chi connectivity index (χ4v) is 2.55. The fraction of sp³-hybridized carbons (Fsp3) is 0.818. The zero-order chi connectivity index (χ0) is 13.4. The van der Waals surface area contributed by atoms with Gasteiger partial charge < -0.3 is 9.47 Å². The maximum absolute atomic E-state index is 13.2. The van der Waals surface area contributed by atoms with Crippen molar-refractivity contribution >= 4 is 11.9 Å². The van der Waals surface area contributed by atoms with E-state index in [1.165, 1.54) is 0 Å². The van der Waals surface area contributed by atoms with E-state index < -0.39 is 36.2 Å². The molecule has 0 bridgehead atoms. The first kappa shape index (κ1) is 13.2. The average Bonchev–Trinajstić information content (AvgIpc) is 2.27. The van der Waals surface area contributed by atoms with Crippen LogP contribution in [0, 0.1) is 5.92 Å². The molecular weight excluding hydrogens is 253 g/mol. The first-order chi connectivity index (χ1) is 8.35. The predicted octanol–water partition coefficient (Wildman–Crippen LogP) is 2.32. The molecule has 1 aliphatic carbocycles. The first-order valence-electron chi connectivity index (χ1n) is 5.85. The van der Waals surface area contributed by atoms with Gasteiger partial charge in [0.15, 0.2) is 0 Å². The summed E-state index contributed by atoms with van der Waals surface area (Å²) in [4.78, 5) is 22.3. The quantitative estimate of drug-likeness (QED) is 0.540. The van der Waals surface area contributed by atoms with Crippen molar-refractivity contribution in [3.8, 4) is 0 Å². The third kappa shape index (κ3) is 2.18. The highest BCUT2D eigenvalue weighted by molar-refractivity contribution is 5.93. The van der Waals surface area contributed by atoms with Gasteiger partial charge in [-0.2, -0.15) is 13.2 Å². The third-order valence-corrected chi connectivity index (χ3v) is 3.36. The Labute approximate surface area is 101 Å². The second kappa shape index (κ2) is 4.44. The topological polar surface area (TPSA) is 52.6 Å². The van der Waals surface area contributed by atoms with Gasteiger partial charge in [-0.25, -0.2) is 0 Å². The van der Waals surface area contributed by atoms with Crippen LogP contribution in [-0.4, -0.2) is 23.9 Å². The molecule has 0 N–H and O–H groups in total. The molecule has 4 nitrogen and oxygen atoms in total. The highest BCUT2D eigenvalue weighted by Gasteiger charge is 2.67. The van der Waals surface area contributed by atoms with Gasteiger partial charge in [0.1, 0.15) is 6.42 Å². The second-order valence-electron chi connectivity index (χ2n) is 4.63. The molecule has 0 amide bonds. The highest BCUT2D eigenvalue weighted by Crippen LogP contribution is 2.47. The maximum Gasteiger partial charge on any atom is 0.468 e. The van der Waals surface area contributed by atoms with Gasteiger partial charge in [0.05, 0.1) is 0 Å². The molecule has 2 fully saturated rings. The molecule has 0 aromatic carbocycles. The molecule has 2 rings (SSSR count). The summed E-state index contributed by atoms with van der Waals surface area (Å²) in [5, 5.41) is 0. The molecule has 1 saturated carbocycles. The van der Waals surface area contributed by atoms with Crippen molar-refractivity contribution in [2.75, 3.05) is 0 Å². The number of alkyl halides is 3. The predicted molar refractivity (Wildman–Crippen MR) is 52.2 cm³/mol. The Morgan fingerprint density at radius 3 is 1.94 bits per heavy atom. The maximum atomic E-state index is 13.2. The molecule has 1 heterocycles. The van der Waals surface area contributed by atoms with Gasteiger partial charge in [0.2, 0.25) is 0 Å². The van der Waals surface area contributed by atoms with Crippen molar-refractivity contribution in [1.82, 2.24) is 0 Å². The lowest BCUT2D eigenvalue weighted by molar-refractivity contribution is -0.382. The van der Waals surface area contributed by atoms with E-state index in [2.05, 4.69) is 9.47 Å². The summed E-state index contributed by atoms with van der Waals surface area (Å²) in [6, 6.07) is 0. The minimum atomic E-state index is -4.90. The van der Waals surface area contributed by atoms with Crippen LogP contribution >= 0.6 is 0 Å². The number of carbonyl (C=O) groups is 2. The van der Waals surface area contributed by atoms with E-state index >= 15 is 0 Å². The Bertz CT molecular complexity index is 342. The summed E-state index contributed by atoms with van der Waals surface area (Å²) in [7, 11) is 0. The average molecular weight is 266 g/mol. The van der Waals surface area contributed by atoms with E-state index in [1.54, 1.807) is 0 Å². The molecule has 102 valence electrons. The lowest BCUT2D eigenvalue weighted by Crippen LogP contribution is -2.60. The number of hydrogen-bond donors (Lipinski definition) is 0. The summed E-state index contributed by atoms with van der Waals surface area (Å²) in [5.74, 6) is -6.41. The molecule has 0 unspecified atom stereocenters. The molecule has 0 aromatic rings. The molecule has 0 spiro atoms. The van der Waals surface area contributed by atoms with E-state index in [1.807, 2.05) is 0 Å². The molecule has 0 radical (unpaired) electrons. The summed E-state index contributed by atoms with van der Waals surface area (Å²) < 4.78 is 48.4. The van der Waals surface area contributed by atoms with Crippen LogP contribution in [-0.2, 0) is 19.1 Å². The zero-order valence-corrected chi connectivity index (χ0v) is 9.59. The molecular formula is C11H13F3O4. The van der Waals surface area contributed by atoms with Crippen molar-refractivity contribution in [2.24, 2.45) is 5.92 Å². The van der Waals surface area contributed by atoms with Gasteiger partial charge in [-0.05, 0) is 12.8 Å². The summed E-state index contributed by atoms with van der Waals surface area (Å²) in [6.45, 7) is 0. The highest BCUT2D eigenvalue weighted by atomic mass is 19.4. The third-order valence-electron chi connectivity index (χ3n) is 3.36. The Morgan fingerprint density at radius 2 is 1.50 bits per heavy atom. The van der Waals surface area contributed by atoms with Crippen LogP contribution < -0.4 is 0 Å². The van der Waals surface area contributed by atoms with E-state index in [0.717, 1.165) is 6.42 Å². The van der Waals surface area contributed by atoms with Crippen molar-refractivity contribution in [3.63, 3.8) is 0 Å². The van der Waals surface area contributed by atoms with Crippen LogP contribution in [0.15, 0.2) is 0 Å². The van der Waals surface area contributed by atoms with E-state index in [4.69, 9.17) is 0 Å². The molecule has 0 atom stereocenters. The Balaban J connectivity index is 2.33. The van der Waals surface area contributed by atoms with Crippen LogP contribution in [0.2, 0.25) is 0 Å². The van der Waals surface area contributed by atoms with Crippen LogP contribution in [0.1, 0.15) is 38.5 Å². The number of esters is 2. The normalized spacial score (nSPS) is 25.5. The van der Waals surface area contributed by atoms with Crippen molar-refractivity contribution in [2.45, 2.75) is 50.5 Å². The van der Waals surface area contributed by atoms with Gasteiger partial charge in [-0.1, -0.05) is 19.3 Å². The SMILES string of the molecule is O=C1CC(=O)OC(C2CCCCC2)(C(F)(F)F)O1. The van der Waals surface area contributed by atoms with Gasteiger partial charge >= 0.3 is 23.9 Å². The minimum Gasteiger partial charge on any atom is -0.413 e. The van der Waals surface area contributed by atoms with Gasteiger partial charge in [0.25, 0.3) is 0 Å². The van der Waals surface area contributed by atoms with Crippen LogP contribution in [0.25, 0.3) is 0 Å². The number of carbonyl (C=O) groups excluding carboxylic acids is 2. The van der Waals surface area contributed by atoms with E-state index in [0.29, 0.717) is 12.8 Å². The molecule has 0 aromatic heterocycles. The minimum absolute atomic E-state index is 0.236. The lowest BCUT2D eigenvalue weighted by Gasteiger charge is -2.43. The molecule has 7 heteroatoms. The lowest BCUT2D eigenvalue weighted by atomic mass is 9.82. The summed E-state index contributed by atoms with van der Waals surface area (Å²) >= 11 is 0. The van der Waals surface area contributed by atoms with Crippen molar-refractivity contribution in [3.05, 3.63) is 0 Å². The van der Waals surface area contributed by atoms with Gasteiger partial charge in [-0.3, -0.25) is 9.59 Å². The summed E-state index contributed by atoms with van der Waals surface area (Å²) in [6.07, 6.45) is -3.13. The number of cyclic esters (lactones) is 2. The number of hydrogen-bond acceptors (Lipinski definition) is 4. The van der Waals surface area contributed by atoms with Crippen molar-refractivity contribution in [1.29, 1.82) is 0 Å². The van der Waals surface area contributed by atoms with Gasteiger partial charge in [0, 0.05) is 5.92 Å². The molecule has 2 aliphatic rings. The smallest absolute Gasteiger partial charge is 0.413 e. The Kier molecular flexibility index (Phi) is 3.25. The monoisotopic (exact) mass is 266 g/mol. The standard InChI is InChI=1S/C11H13F3O4/c12-11(13,14)10(7-4-2-1-3-5-7)17-8(15)6-9(16)18-10/h7H,1-6H2. The van der Waals surface area contributed by atoms with Crippen LogP contribution in [0.4, 0.5) is 13.2 Å². The van der Waals surface area contributed by atoms with E-state index in [9.17, 15) is 22.8 Å². The number of ether oxygens (including phenoxy) is 2. The molecule has 1 aliphatic heterocycles. The fourth-order valence-electron chi connectivity index (χ4n) is 2.55. The number of rotatable bonds is 1. The largest absolute Gasteiger partial charge is 0.468 e. The zero-order valence-electron chi connectivity index (χ0n) is 9.59. The van der Waals surface area contributed by atoms with Crippen LogP contribution in [0.5, 0.6) is 0 Å². The first-order valence-corrected chi connectivity index (χ1v) is 5.85. The molecule has 18 heavy (non-hydrogen) atoms. The van der Waals surface area contributed by atoms with Gasteiger partial charge in [-0.15, -0.1) is 0 Å². The van der Waals surface area contributed by atoms with Crippen molar-refractivity contribution < 1.29 is 32.2 Å². The Morgan fingerprint density at radius 1 is 1.00 bits per heavy atom. The number of halogens is 3. The van der Waals surface area contributed by atoms with E-state index in [-0.39, 0.29) is 12.8 Å². The molecule has 1 saturated heterocycles. The second-order valence-corrected chi connectivity index (χ2v) is 4.63.